The molecule has 1 aromatic rings. The van der Waals surface area contributed by atoms with Gasteiger partial charge in [0, 0.05) is 20.1 Å². The topological polar surface area (TPSA) is 50.8 Å². The Balaban J connectivity index is 2.07. The van der Waals surface area contributed by atoms with Crippen molar-refractivity contribution in [2.24, 2.45) is 0 Å². The molecule has 2 atom stereocenters. The van der Waals surface area contributed by atoms with Gasteiger partial charge >= 0.3 is 0 Å². The standard InChI is InChI=1S/C14H20N2O3/c1-10-13(14(17)16(3)9-8-15-2)19-12-7-5-4-6-11(12)18-10/h4-7,10,13,15H,8-9H2,1-3H3. The number of nitrogens with zero attached hydrogens (tertiary/aromatic N) is 1. The molecule has 0 radical (unpaired) electrons. The van der Waals surface area contributed by atoms with Gasteiger partial charge in [0.1, 0.15) is 6.10 Å². The fraction of sp³-hybridized carbons (Fsp3) is 0.500. The zero-order chi connectivity index (χ0) is 13.8. The molecular weight excluding hydrogens is 244 g/mol. The lowest BCUT2D eigenvalue weighted by atomic mass is 10.1. The van der Waals surface area contributed by atoms with Crippen molar-refractivity contribution in [3.8, 4) is 11.5 Å². The molecule has 5 heteroatoms. The van der Waals surface area contributed by atoms with Crippen molar-refractivity contribution in [3.63, 3.8) is 0 Å². The van der Waals surface area contributed by atoms with Crippen LogP contribution in [-0.4, -0.2) is 50.2 Å². The number of likely N-dealkylation sites (N-methyl/N-ethyl adjacent to an activating group) is 2. The summed E-state index contributed by atoms with van der Waals surface area (Å²) in [5.41, 5.74) is 0. The number of fused-ring (bicyclic) bond motifs is 1. The smallest absolute Gasteiger partial charge is 0.267 e. The summed E-state index contributed by atoms with van der Waals surface area (Å²) in [5.74, 6) is 1.26. The van der Waals surface area contributed by atoms with Gasteiger partial charge in [0.25, 0.3) is 5.91 Å². The van der Waals surface area contributed by atoms with Crippen LogP contribution in [0, 0.1) is 0 Å². The molecule has 0 aromatic heterocycles. The van der Waals surface area contributed by atoms with Crippen molar-refractivity contribution in [2.45, 2.75) is 19.1 Å². The van der Waals surface area contributed by atoms with Crippen molar-refractivity contribution in [1.82, 2.24) is 10.2 Å². The molecular formula is C14H20N2O3. The number of ether oxygens (including phenoxy) is 2. The van der Waals surface area contributed by atoms with Crippen LogP contribution in [0.4, 0.5) is 0 Å². The highest BCUT2D eigenvalue weighted by atomic mass is 16.6. The lowest BCUT2D eigenvalue weighted by molar-refractivity contribution is -0.142. The molecule has 104 valence electrons. The van der Waals surface area contributed by atoms with E-state index in [-0.39, 0.29) is 12.0 Å². The predicted molar refractivity (Wildman–Crippen MR) is 72.5 cm³/mol. The van der Waals surface area contributed by atoms with Crippen molar-refractivity contribution >= 4 is 5.91 Å². The minimum Gasteiger partial charge on any atom is -0.482 e. The van der Waals surface area contributed by atoms with Crippen LogP contribution >= 0.6 is 0 Å². The number of carbonyl (C=O) groups excluding carboxylic acids is 1. The second-order valence-corrected chi connectivity index (χ2v) is 4.67. The molecule has 0 saturated carbocycles. The maximum Gasteiger partial charge on any atom is 0.267 e. The zero-order valence-electron chi connectivity index (χ0n) is 11.6. The molecule has 2 rings (SSSR count). The van der Waals surface area contributed by atoms with E-state index in [2.05, 4.69) is 5.32 Å². The minimum atomic E-state index is -0.586. The minimum absolute atomic E-state index is 0.0581. The average Bonchev–Trinajstić information content (AvgIpc) is 2.43. The third kappa shape index (κ3) is 2.98. The van der Waals surface area contributed by atoms with Crippen molar-refractivity contribution in [1.29, 1.82) is 0 Å². The van der Waals surface area contributed by atoms with Gasteiger partial charge in [0.2, 0.25) is 6.10 Å². The summed E-state index contributed by atoms with van der Waals surface area (Å²) in [7, 11) is 3.63. The van der Waals surface area contributed by atoms with E-state index in [1.54, 1.807) is 11.9 Å². The van der Waals surface area contributed by atoms with E-state index in [1.165, 1.54) is 0 Å². The van der Waals surface area contributed by atoms with Gasteiger partial charge in [-0.25, -0.2) is 0 Å². The number of para-hydroxylation sites is 2. The number of carbonyl (C=O) groups is 1. The van der Waals surface area contributed by atoms with Crippen LogP contribution < -0.4 is 14.8 Å². The third-order valence-corrected chi connectivity index (χ3v) is 3.16. The fourth-order valence-electron chi connectivity index (χ4n) is 2.00. The maximum atomic E-state index is 12.3. The molecule has 1 amide bonds. The third-order valence-electron chi connectivity index (χ3n) is 3.16. The predicted octanol–water partition coefficient (Wildman–Crippen LogP) is 0.893. The van der Waals surface area contributed by atoms with E-state index in [9.17, 15) is 4.79 Å². The van der Waals surface area contributed by atoms with E-state index < -0.39 is 6.10 Å². The van der Waals surface area contributed by atoms with Crippen LogP contribution in [0.1, 0.15) is 6.92 Å². The lowest BCUT2D eigenvalue weighted by Crippen LogP contribution is -2.50. The molecule has 5 nitrogen and oxygen atoms in total. The Labute approximate surface area is 113 Å². The molecule has 1 heterocycles. The Kier molecular flexibility index (Phi) is 4.27. The van der Waals surface area contributed by atoms with Crippen LogP contribution in [-0.2, 0) is 4.79 Å². The molecule has 1 aromatic carbocycles. The van der Waals surface area contributed by atoms with Gasteiger partial charge in [0.05, 0.1) is 0 Å². The van der Waals surface area contributed by atoms with Crippen molar-refractivity contribution in [3.05, 3.63) is 24.3 Å². The number of benzene rings is 1. The van der Waals surface area contributed by atoms with Gasteiger partial charge < -0.3 is 19.7 Å². The largest absolute Gasteiger partial charge is 0.482 e. The van der Waals surface area contributed by atoms with Crippen LogP contribution in [0.25, 0.3) is 0 Å². The number of hydrogen-bond acceptors (Lipinski definition) is 4. The summed E-state index contributed by atoms with van der Waals surface area (Å²) >= 11 is 0. The molecule has 2 unspecified atom stereocenters. The van der Waals surface area contributed by atoms with E-state index in [1.807, 2.05) is 38.2 Å². The summed E-state index contributed by atoms with van der Waals surface area (Å²) < 4.78 is 11.5. The van der Waals surface area contributed by atoms with Crippen LogP contribution in [0.2, 0.25) is 0 Å². The Hall–Kier alpha value is -1.75. The number of rotatable bonds is 4. The first kappa shape index (κ1) is 13.7. The Morgan fingerprint density at radius 3 is 2.58 bits per heavy atom. The van der Waals surface area contributed by atoms with Gasteiger partial charge in [-0.1, -0.05) is 12.1 Å². The molecule has 1 aliphatic heterocycles. The van der Waals surface area contributed by atoms with Gasteiger partial charge in [-0.3, -0.25) is 4.79 Å². The Morgan fingerprint density at radius 2 is 1.95 bits per heavy atom. The lowest BCUT2D eigenvalue weighted by Gasteiger charge is -2.33. The number of hydrogen-bond donors (Lipinski definition) is 1. The summed E-state index contributed by atoms with van der Waals surface area (Å²) in [6, 6.07) is 7.41. The quantitative estimate of drug-likeness (QED) is 0.877. The molecule has 0 saturated heterocycles. The van der Waals surface area contributed by atoms with Crippen LogP contribution in [0.15, 0.2) is 24.3 Å². The average molecular weight is 264 g/mol. The molecule has 0 bridgehead atoms. The SMILES string of the molecule is CNCCN(C)C(=O)C1Oc2ccccc2OC1C. The van der Waals surface area contributed by atoms with Crippen molar-refractivity contribution in [2.75, 3.05) is 27.2 Å². The van der Waals surface area contributed by atoms with Crippen LogP contribution in [0.3, 0.4) is 0 Å². The van der Waals surface area contributed by atoms with Crippen molar-refractivity contribution < 1.29 is 14.3 Å². The van der Waals surface area contributed by atoms with Gasteiger partial charge in [-0.15, -0.1) is 0 Å². The van der Waals surface area contributed by atoms with Gasteiger partial charge in [0.15, 0.2) is 11.5 Å². The van der Waals surface area contributed by atoms with E-state index >= 15 is 0 Å². The summed E-state index contributed by atoms with van der Waals surface area (Å²) in [6.07, 6.45) is -0.879. The molecule has 0 fully saturated rings. The first-order valence-corrected chi connectivity index (χ1v) is 6.45. The maximum absolute atomic E-state index is 12.3. The molecule has 19 heavy (non-hydrogen) atoms. The summed E-state index contributed by atoms with van der Waals surface area (Å²) in [5, 5.41) is 3.02. The van der Waals surface area contributed by atoms with Gasteiger partial charge in [-0.05, 0) is 26.1 Å². The molecule has 0 spiro atoms. The summed E-state index contributed by atoms with van der Waals surface area (Å²) in [6.45, 7) is 3.24. The Morgan fingerprint density at radius 1 is 1.32 bits per heavy atom. The molecule has 0 aliphatic carbocycles. The zero-order valence-corrected chi connectivity index (χ0v) is 11.6. The van der Waals surface area contributed by atoms with E-state index in [0.29, 0.717) is 18.0 Å². The molecule has 1 aliphatic rings. The monoisotopic (exact) mass is 264 g/mol. The highest BCUT2D eigenvalue weighted by molar-refractivity contribution is 5.82. The summed E-state index contributed by atoms with van der Waals surface area (Å²) in [4.78, 5) is 14.0. The highest BCUT2D eigenvalue weighted by Gasteiger charge is 2.35. The number of amides is 1. The second-order valence-electron chi connectivity index (χ2n) is 4.67. The van der Waals surface area contributed by atoms with Gasteiger partial charge in [-0.2, -0.15) is 0 Å². The van der Waals surface area contributed by atoms with Crippen LogP contribution in [0.5, 0.6) is 11.5 Å². The fourth-order valence-corrected chi connectivity index (χ4v) is 2.00. The number of nitrogens with one attached hydrogen (secondary N) is 1. The first-order chi connectivity index (χ1) is 9.13. The second kappa shape index (κ2) is 5.93. The first-order valence-electron chi connectivity index (χ1n) is 6.45. The Bertz CT molecular complexity index is 450. The molecule has 1 N–H and O–H groups in total. The normalized spacial score (nSPS) is 21.0. The highest BCUT2D eigenvalue weighted by Crippen LogP contribution is 2.33. The van der Waals surface area contributed by atoms with E-state index in [4.69, 9.17) is 9.47 Å². The van der Waals surface area contributed by atoms with E-state index in [0.717, 1.165) is 6.54 Å².